The predicted molar refractivity (Wildman–Crippen MR) is 170 cm³/mol. The Balaban J connectivity index is 1.54. The topological polar surface area (TPSA) is 220 Å². The highest BCUT2D eigenvalue weighted by Gasteiger charge is 2.24. The van der Waals surface area contributed by atoms with Crippen LogP contribution >= 0.6 is 0 Å². The number of hydrogen-bond donors (Lipinski definition) is 6. The van der Waals surface area contributed by atoms with Gasteiger partial charge in [0.05, 0.1) is 12.2 Å². The van der Waals surface area contributed by atoms with Gasteiger partial charge in [-0.05, 0) is 56.7 Å². The van der Waals surface area contributed by atoms with Gasteiger partial charge < -0.3 is 36.1 Å². The van der Waals surface area contributed by atoms with Crippen molar-refractivity contribution in [1.29, 1.82) is 0 Å². The number of rotatable bonds is 25. The van der Waals surface area contributed by atoms with Crippen molar-refractivity contribution in [2.75, 3.05) is 13.1 Å². The molecule has 0 radical (unpaired) electrons. The Kier molecular flexibility index (Phi) is 18.5. The maximum absolute atomic E-state index is 12.2. The van der Waals surface area contributed by atoms with Gasteiger partial charge in [0.2, 0.25) is 11.8 Å². The molecule has 258 valence electrons. The molecule has 15 heteroatoms. The van der Waals surface area contributed by atoms with Crippen LogP contribution in [0.3, 0.4) is 0 Å². The maximum atomic E-state index is 12.2. The standard InChI is InChI=1S/C32H46N6O9/c39-27(34-20-10-7-14-25(30(42)43)36-32(46)37-26(31(44)45)17-18-29(40)41)15-5-3-1-2-4-12-22-38(23-24-13-6-9-19-33-24)47-28-16-8-11-21-35-28/h6,8-9,11,13,16,19,21,25-26H,1-5,7,10,12,14-15,17-18,20,22-23H2,(H,34,39)(H,40,41)(H,42,43)(H,44,45)(H2,36,37,46)/t25-,26+/m1/s1. The Morgan fingerprint density at radius 2 is 1.36 bits per heavy atom. The van der Waals surface area contributed by atoms with E-state index >= 15 is 0 Å². The number of hydrogen-bond acceptors (Lipinski definition) is 9. The number of aromatic nitrogens is 2. The second-order valence-electron chi connectivity index (χ2n) is 11.0. The van der Waals surface area contributed by atoms with E-state index in [1.165, 1.54) is 0 Å². The number of nitrogens with one attached hydrogen (secondary N) is 3. The fourth-order valence-corrected chi connectivity index (χ4v) is 4.57. The molecule has 0 spiro atoms. The molecule has 0 aliphatic rings. The molecule has 47 heavy (non-hydrogen) atoms. The third-order valence-corrected chi connectivity index (χ3v) is 7.08. The van der Waals surface area contributed by atoms with E-state index in [0.29, 0.717) is 38.2 Å². The summed E-state index contributed by atoms with van der Waals surface area (Å²) in [5.74, 6) is -3.47. The molecule has 6 N–H and O–H groups in total. The van der Waals surface area contributed by atoms with Crippen molar-refractivity contribution in [1.82, 2.24) is 31.0 Å². The minimum Gasteiger partial charge on any atom is -0.481 e. The van der Waals surface area contributed by atoms with Crippen molar-refractivity contribution in [3.05, 3.63) is 54.5 Å². The van der Waals surface area contributed by atoms with Gasteiger partial charge in [-0.15, -0.1) is 5.06 Å². The van der Waals surface area contributed by atoms with Crippen LogP contribution in [-0.2, 0) is 25.7 Å². The normalized spacial score (nSPS) is 12.1. The summed E-state index contributed by atoms with van der Waals surface area (Å²) >= 11 is 0. The Bertz CT molecular complexity index is 1190. The van der Waals surface area contributed by atoms with Gasteiger partial charge in [-0.25, -0.2) is 19.4 Å². The fourth-order valence-electron chi connectivity index (χ4n) is 4.57. The molecule has 3 amide bonds. The predicted octanol–water partition coefficient (Wildman–Crippen LogP) is 3.36. The van der Waals surface area contributed by atoms with Gasteiger partial charge in [-0.1, -0.05) is 37.8 Å². The number of aliphatic carboxylic acids is 3. The molecular weight excluding hydrogens is 612 g/mol. The molecular formula is C32H46N6O9. The molecule has 2 atom stereocenters. The number of carboxylic acid groups (broad SMARTS) is 3. The highest BCUT2D eigenvalue weighted by molar-refractivity contribution is 5.86. The molecule has 15 nitrogen and oxygen atoms in total. The fraction of sp³-hybridized carbons (Fsp3) is 0.531. The summed E-state index contributed by atoms with van der Waals surface area (Å²) < 4.78 is 0. The lowest BCUT2D eigenvalue weighted by atomic mass is 10.1. The van der Waals surface area contributed by atoms with Gasteiger partial charge in [-0.2, -0.15) is 0 Å². The average molecular weight is 659 g/mol. The molecule has 2 heterocycles. The Morgan fingerprint density at radius 3 is 1.98 bits per heavy atom. The zero-order chi connectivity index (χ0) is 34.3. The number of hydroxylamine groups is 2. The zero-order valence-corrected chi connectivity index (χ0v) is 26.5. The van der Waals surface area contributed by atoms with Crippen LogP contribution in [0.15, 0.2) is 48.8 Å². The van der Waals surface area contributed by atoms with Crippen molar-refractivity contribution in [3.8, 4) is 5.88 Å². The van der Waals surface area contributed by atoms with E-state index in [2.05, 4.69) is 25.9 Å². The van der Waals surface area contributed by atoms with Crippen LogP contribution in [0.1, 0.15) is 82.7 Å². The summed E-state index contributed by atoms with van der Waals surface area (Å²) in [6.07, 6.45) is 9.72. The number of carboxylic acids is 3. The zero-order valence-electron chi connectivity index (χ0n) is 26.5. The number of nitrogens with zero attached hydrogens (tertiary/aromatic N) is 3. The second kappa shape index (κ2) is 22.7. The Hall–Kier alpha value is -4.79. The van der Waals surface area contributed by atoms with E-state index in [1.54, 1.807) is 12.4 Å². The smallest absolute Gasteiger partial charge is 0.326 e. The number of carbonyl (C=O) groups excluding carboxylic acids is 2. The number of amides is 3. The van der Waals surface area contributed by atoms with Gasteiger partial charge in [0.1, 0.15) is 12.1 Å². The summed E-state index contributed by atoms with van der Waals surface area (Å²) in [5.41, 5.74) is 0.910. The van der Waals surface area contributed by atoms with Crippen molar-refractivity contribution < 1.29 is 44.1 Å². The molecule has 0 saturated heterocycles. The average Bonchev–Trinajstić information content (AvgIpc) is 3.04. The third kappa shape index (κ3) is 18.1. The molecule has 0 aromatic carbocycles. The first-order valence-corrected chi connectivity index (χ1v) is 15.9. The van der Waals surface area contributed by atoms with Crippen LogP contribution in [0.2, 0.25) is 0 Å². The molecule has 0 aliphatic carbocycles. The molecule has 0 aliphatic heterocycles. The van der Waals surface area contributed by atoms with Gasteiger partial charge >= 0.3 is 23.9 Å². The Morgan fingerprint density at radius 1 is 0.723 bits per heavy atom. The summed E-state index contributed by atoms with van der Waals surface area (Å²) in [5, 5.41) is 36.2. The molecule has 0 bridgehead atoms. The van der Waals surface area contributed by atoms with Gasteiger partial charge in [0.25, 0.3) is 0 Å². The van der Waals surface area contributed by atoms with Crippen molar-refractivity contribution >= 4 is 29.8 Å². The van der Waals surface area contributed by atoms with E-state index in [9.17, 15) is 29.1 Å². The van der Waals surface area contributed by atoms with E-state index in [0.717, 1.165) is 50.8 Å². The molecule has 0 saturated carbocycles. The lowest BCUT2D eigenvalue weighted by Crippen LogP contribution is -2.51. The highest BCUT2D eigenvalue weighted by Crippen LogP contribution is 2.13. The van der Waals surface area contributed by atoms with Gasteiger partial charge in [-0.3, -0.25) is 14.6 Å². The Labute approximate surface area is 274 Å². The van der Waals surface area contributed by atoms with Crippen LogP contribution < -0.4 is 20.8 Å². The highest BCUT2D eigenvalue weighted by atomic mass is 16.7. The summed E-state index contributed by atoms with van der Waals surface area (Å²) in [4.78, 5) is 72.3. The van der Waals surface area contributed by atoms with Crippen molar-refractivity contribution in [2.45, 2.75) is 95.7 Å². The quantitative estimate of drug-likeness (QED) is 0.0668. The van der Waals surface area contributed by atoms with Crippen LogP contribution in [0.5, 0.6) is 5.88 Å². The summed E-state index contributed by atoms with van der Waals surface area (Å²) in [6, 6.07) is 7.56. The lowest BCUT2D eigenvalue weighted by molar-refractivity contribution is -0.140. The number of urea groups is 1. The molecule has 2 rings (SSSR count). The van der Waals surface area contributed by atoms with E-state index in [4.69, 9.17) is 15.1 Å². The summed E-state index contributed by atoms with van der Waals surface area (Å²) in [7, 11) is 0. The first-order valence-electron chi connectivity index (χ1n) is 15.9. The second-order valence-corrected chi connectivity index (χ2v) is 11.0. The van der Waals surface area contributed by atoms with E-state index < -0.39 is 42.4 Å². The lowest BCUT2D eigenvalue weighted by Gasteiger charge is -2.21. The number of pyridine rings is 2. The largest absolute Gasteiger partial charge is 0.481 e. The number of carbonyl (C=O) groups is 5. The minimum atomic E-state index is -1.46. The van der Waals surface area contributed by atoms with E-state index in [-0.39, 0.29) is 18.7 Å². The van der Waals surface area contributed by atoms with Crippen LogP contribution in [0, 0.1) is 0 Å². The first kappa shape index (κ1) is 38.4. The van der Waals surface area contributed by atoms with Crippen molar-refractivity contribution in [2.24, 2.45) is 0 Å². The third-order valence-electron chi connectivity index (χ3n) is 7.08. The molecule has 2 aromatic heterocycles. The van der Waals surface area contributed by atoms with Gasteiger partial charge in [0.15, 0.2) is 0 Å². The number of unbranched alkanes of at least 4 members (excludes halogenated alkanes) is 6. The molecule has 0 fully saturated rings. The molecule has 0 unspecified atom stereocenters. The van der Waals surface area contributed by atoms with Gasteiger partial charge in [0, 0.05) is 44.4 Å². The van der Waals surface area contributed by atoms with Crippen LogP contribution in [-0.4, -0.2) is 85.4 Å². The SMILES string of the molecule is O=C(O)CC[C@H](NC(=O)N[C@H](CCCCNC(=O)CCCCCCCCN(Cc1ccccn1)Oc1ccccn1)C(=O)O)C(=O)O. The first-order chi connectivity index (χ1) is 22.6. The maximum Gasteiger partial charge on any atom is 0.326 e. The van der Waals surface area contributed by atoms with E-state index in [1.807, 2.05) is 41.5 Å². The monoisotopic (exact) mass is 658 g/mol. The van der Waals surface area contributed by atoms with Crippen LogP contribution in [0.4, 0.5) is 4.79 Å². The summed E-state index contributed by atoms with van der Waals surface area (Å²) in [6.45, 7) is 1.64. The van der Waals surface area contributed by atoms with Crippen LogP contribution in [0.25, 0.3) is 0 Å². The molecule has 2 aromatic rings. The minimum absolute atomic E-state index is 0.0711. The van der Waals surface area contributed by atoms with Crippen molar-refractivity contribution in [3.63, 3.8) is 0 Å².